The Labute approximate surface area is 253 Å². The molecule has 10 nitrogen and oxygen atoms in total. The summed E-state index contributed by atoms with van der Waals surface area (Å²) in [5.41, 5.74) is -0.728. The summed E-state index contributed by atoms with van der Waals surface area (Å²) < 4.78 is 57.7. The van der Waals surface area contributed by atoms with Gasteiger partial charge in [-0.15, -0.1) is 0 Å². The molecule has 2 heterocycles. The fraction of sp³-hybridized carbons (Fsp3) is 0.759. The summed E-state index contributed by atoms with van der Waals surface area (Å²) in [5.74, 6) is 1.87. The topological polar surface area (TPSA) is 120 Å². The Hall–Kier alpha value is -2.14. The maximum Gasteiger partial charge on any atom is 0.303 e. The number of carbonyl (C=O) groups excluding carboxylic acids is 2. The number of halogens is 3. The van der Waals surface area contributed by atoms with Crippen molar-refractivity contribution in [3.63, 3.8) is 0 Å². The molecular weight excluding hydrogens is 578 g/mol. The van der Waals surface area contributed by atoms with Crippen LogP contribution in [0.25, 0.3) is 4.85 Å². The van der Waals surface area contributed by atoms with Crippen LogP contribution in [0.2, 0.25) is 0 Å². The van der Waals surface area contributed by atoms with Crippen LogP contribution >= 0.6 is 11.9 Å². The minimum absolute atomic E-state index is 0. The molecule has 242 valence electrons. The van der Waals surface area contributed by atoms with Gasteiger partial charge in [0.15, 0.2) is 18.0 Å². The summed E-state index contributed by atoms with van der Waals surface area (Å²) in [6, 6.07) is 0. The van der Waals surface area contributed by atoms with Crippen LogP contribution in [0.1, 0.15) is 83.1 Å². The van der Waals surface area contributed by atoms with Crippen molar-refractivity contribution in [2.75, 3.05) is 0 Å². The van der Waals surface area contributed by atoms with Gasteiger partial charge in [-0.3, -0.25) is 9.59 Å². The molecule has 0 spiro atoms. The van der Waals surface area contributed by atoms with Crippen molar-refractivity contribution in [3.05, 3.63) is 35.2 Å². The summed E-state index contributed by atoms with van der Waals surface area (Å²) in [6.07, 6.45) is -0.297. The van der Waals surface area contributed by atoms with E-state index in [0.29, 0.717) is 19.1 Å². The Morgan fingerprint density at radius 3 is 1.98 bits per heavy atom. The second-order valence-corrected chi connectivity index (χ2v) is 10.8. The lowest BCUT2D eigenvalue weighted by molar-refractivity contribution is -0.162. The molecule has 4 rings (SSSR count). The first-order valence-electron chi connectivity index (χ1n) is 13.0. The van der Waals surface area contributed by atoms with Gasteiger partial charge in [0.2, 0.25) is 0 Å². The average Bonchev–Trinajstić information content (AvgIpc) is 3.51. The fourth-order valence-electron chi connectivity index (χ4n) is 6.64. The lowest BCUT2D eigenvalue weighted by atomic mass is 9.75. The first kappa shape index (κ1) is 39.9. The zero-order valence-electron chi connectivity index (χ0n) is 24.0. The lowest BCUT2D eigenvalue weighted by Crippen LogP contribution is -2.47. The monoisotopic (exact) mass is 624 g/mol. The van der Waals surface area contributed by atoms with Gasteiger partial charge >= 0.3 is 11.9 Å². The number of nitrogens with zero attached hydrogens (tertiary/aromatic N) is 1. The Bertz CT molecular complexity index is 1050. The highest BCUT2D eigenvalue weighted by molar-refractivity contribution is 6.07. The molecule has 4 fully saturated rings. The van der Waals surface area contributed by atoms with E-state index in [4.69, 9.17) is 30.3 Å². The van der Waals surface area contributed by atoms with E-state index in [1.165, 1.54) is 13.8 Å². The summed E-state index contributed by atoms with van der Waals surface area (Å²) >= 11 is 4.28. The molecule has 2 aliphatic heterocycles. The van der Waals surface area contributed by atoms with Gasteiger partial charge < -0.3 is 28.5 Å². The van der Waals surface area contributed by atoms with E-state index in [0.717, 1.165) is 12.0 Å². The molecule has 2 saturated carbocycles. The minimum Gasteiger partial charge on any atom is -0.458 e. The normalized spacial score (nSPS) is 38.5. The maximum atomic E-state index is 13.3. The molecule has 2 aliphatic carbocycles. The average molecular weight is 625 g/mol. The minimum atomic E-state index is -1.16. The van der Waals surface area contributed by atoms with E-state index in [1.807, 2.05) is 20.8 Å². The summed E-state index contributed by atoms with van der Waals surface area (Å²) in [7, 11) is 0. The van der Waals surface area contributed by atoms with Crippen molar-refractivity contribution in [2.45, 2.75) is 131 Å². The summed E-state index contributed by atoms with van der Waals surface area (Å²) in [4.78, 5) is 25.9. The first-order chi connectivity index (χ1) is 18.7. The molecule has 4 aliphatic rings. The second kappa shape index (κ2) is 15.5. The number of rotatable bonds is 4. The summed E-state index contributed by atoms with van der Waals surface area (Å²) in [6.45, 7) is 21.1. The fourth-order valence-corrected chi connectivity index (χ4v) is 6.64. The smallest absolute Gasteiger partial charge is 0.303 e. The Morgan fingerprint density at radius 1 is 1.05 bits per heavy atom. The molecule has 2 N–H and O–H groups in total. The molecule has 2 saturated heterocycles. The second-order valence-electron chi connectivity index (χ2n) is 10.6. The van der Waals surface area contributed by atoms with Gasteiger partial charge in [0.1, 0.15) is 18.3 Å². The van der Waals surface area contributed by atoms with Gasteiger partial charge in [-0.1, -0.05) is 35.6 Å². The van der Waals surface area contributed by atoms with E-state index in [-0.39, 0.29) is 50.3 Å². The summed E-state index contributed by atoms with van der Waals surface area (Å²) in [5, 5.41) is 0. The van der Waals surface area contributed by atoms with E-state index in [2.05, 4.69) is 33.9 Å². The van der Waals surface area contributed by atoms with Gasteiger partial charge in [0, 0.05) is 25.8 Å². The number of esters is 2. The predicted octanol–water partition coefficient (Wildman–Crippen LogP) is 6.28. The van der Waals surface area contributed by atoms with Crippen LogP contribution in [0.3, 0.4) is 0 Å². The quantitative estimate of drug-likeness (QED) is 0.219. The number of nitrogens with two attached hydrogens (primary N) is 1. The third-order valence-corrected chi connectivity index (χ3v) is 8.36. The Balaban J connectivity index is 0.000000705. The lowest BCUT2D eigenvalue weighted by Gasteiger charge is -2.37. The largest absolute Gasteiger partial charge is 0.458 e. The van der Waals surface area contributed by atoms with Crippen molar-refractivity contribution < 1.29 is 46.4 Å². The number of hydrogen-bond acceptors (Lipinski definition) is 9. The van der Waals surface area contributed by atoms with Crippen LogP contribution in [0.15, 0.2) is 23.8 Å². The Kier molecular flexibility index (Phi) is 14.8. The Morgan fingerprint density at radius 2 is 1.57 bits per heavy atom. The maximum absolute atomic E-state index is 13.3. The van der Waals surface area contributed by atoms with Crippen LogP contribution < -0.4 is 5.90 Å². The number of ether oxygens (including phenoxy) is 5. The SMILES string of the molecule is C.C.CC[C@]12/C(=C\F)[C@H](O[C@@H]1C)[C@@H]1OC(C)(C)O[C@@H]12.NOCl.[C-]#[N+][C@]1(CC)/C(=C\F)[C@H](OC(C)=O)[C@H](OC(C)=O)[C@@H]1C. The van der Waals surface area contributed by atoms with Crippen molar-refractivity contribution in [3.8, 4) is 0 Å². The van der Waals surface area contributed by atoms with E-state index < -0.39 is 41.4 Å². The molecule has 0 radical (unpaired) electrons. The van der Waals surface area contributed by atoms with Gasteiger partial charge in [0.05, 0.1) is 47.5 Å². The highest BCUT2D eigenvalue weighted by atomic mass is 35.5. The molecule has 13 heteroatoms. The molecule has 0 unspecified atom stereocenters. The molecule has 0 amide bonds. The third-order valence-electron chi connectivity index (χ3n) is 8.36. The highest BCUT2D eigenvalue weighted by Crippen LogP contribution is 2.61. The molecule has 9 atom stereocenters. The van der Waals surface area contributed by atoms with Crippen LogP contribution in [0, 0.1) is 17.9 Å². The number of hydrogen-bond donors (Lipinski definition) is 1. The van der Waals surface area contributed by atoms with Crippen LogP contribution in [0.5, 0.6) is 0 Å². The molecule has 0 aromatic heterocycles. The molecule has 0 aromatic carbocycles. The zero-order valence-corrected chi connectivity index (χ0v) is 24.8. The van der Waals surface area contributed by atoms with Crippen LogP contribution in [-0.2, 0) is 37.7 Å². The van der Waals surface area contributed by atoms with Gasteiger partial charge in [-0.25, -0.2) is 15.4 Å². The van der Waals surface area contributed by atoms with Crippen LogP contribution in [0.4, 0.5) is 8.78 Å². The van der Waals surface area contributed by atoms with E-state index in [1.54, 1.807) is 13.8 Å². The van der Waals surface area contributed by atoms with Crippen LogP contribution in [-0.4, -0.2) is 59.9 Å². The van der Waals surface area contributed by atoms with Crippen molar-refractivity contribution >= 4 is 23.8 Å². The molecule has 2 bridgehead atoms. The molecular formula is C29H47ClF2N2O8. The molecule has 42 heavy (non-hydrogen) atoms. The van der Waals surface area contributed by atoms with Gasteiger partial charge in [-0.05, 0) is 27.2 Å². The predicted molar refractivity (Wildman–Crippen MR) is 154 cm³/mol. The van der Waals surface area contributed by atoms with Gasteiger partial charge in [0.25, 0.3) is 5.54 Å². The number of carbonyl (C=O) groups is 2. The standard InChI is InChI=1S/C14H18FNO4.C13H19FO3.2CH4.ClH2NO/c1-6-14(16-5)8(2)12(19-9(3)17)13(11(14)7-15)20-10(4)18;1-5-13-7(2)15-9(8(13)6-14)10-11(13)17-12(3,4)16-10;;;1-3-2/h7-8,12-13H,6H2,1-4H3;6-7,9-11H,5H2,1-4H3;2*1H4;2H2/b11-7-;8-6-;;;/t8-,12+,13-,14-;7-,9+,10+,11+,13-;;;/m01.../s1. The number of fused-ring (bicyclic) bond motifs is 5. The molecule has 0 aromatic rings. The van der Waals surface area contributed by atoms with Crippen molar-refractivity contribution in [1.82, 2.24) is 0 Å². The van der Waals surface area contributed by atoms with E-state index >= 15 is 0 Å². The van der Waals surface area contributed by atoms with Crippen molar-refractivity contribution in [1.29, 1.82) is 0 Å². The zero-order chi connectivity index (χ0) is 30.6. The highest BCUT2D eigenvalue weighted by Gasteiger charge is 2.71. The van der Waals surface area contributed by atoms with Crippen molar-refractivity contribution in [2.24, 2.45) is 17.2 Å². The third kappa shape index (κ3) is 6.82. The van der Waals surface area contributed by atoms with Gasteiger partial charge in [-0.2, -0.15) is 10.3 Å². The first-order valence-corrected chi connectivity index (χ1v) is 13.4. The van der Waals surface area contributed by atoms with E-state index in [9.17, 15) is 18.4 Å².